The SMILES string of the molecule is COc1ccc(-c2cc(OC)c3ccccc(=O)c3[o+]2)cc1. The minimum atomic E-state index is -0.186. The summed E-state index contributed by atoms with van der Waals surface area (Å²) in [7, 11) is 3.19. The Kier molecular flexibility index (Phi) is 3.74. The van der Waals surface area contributed by atoms with E-state index in [-0.39, 0.29) is 11.0 Å². The van der Waals surface area contributed by atoms with E-state index in [4.69, 9.17) is 13.9 Å². The van der Waals surface area contributed by atoms with Crippen molar-refractivity contribution in [3.8, 4) is 22.8 Å². The normalized spacial score (nSPS) is 10.5. The molecule has 110 valence electrons. The molecule has 3 rings (SSSR count). The summed E-state index contributed by atoms with van der Waals surface area (Å²) in [6.45, 7) is 0. The summed E-state index contributed by atoms with van der Waals surface area (Å²) < 4.78 is 16.4. The summed E-state index contributed by atoms with van der Waals surface area (Å²) in [5.41, 5.74) is 0.927. The fourth-order valence-corrected chi connectivity index (χ4v) is 2.28. The van der Waals surface area contributed by atoms with E-state index in [1.165, 1.54) is 6.07 Å². The maximum absolute atomic E-state index is 12.2. The van der Waals surface area contributed by atoms with E-state index in [1.54, 1.807) is 38.5 Å². The van der Waals surface area contributed by atoms with Crippen LogP contribution in [-0.4, -0.2) is 14.2 Å². The molecule has 0 unspecified atom stereocenters. The molecule has 3 aromatic rings. The predicted octanol–water partition coefficient (Wildman–Crippen LogP) is 3.76. The third kappa shape index (κ3) is 2.51. The largest absolute Gasteiger partial charge is 0.497 e. The van der Waals surface area contributed by atoms with E-state index in [0.717, 1.165) is 11.3 Å². The van der Waals surface area contributed by atoms with E-state index in [2.05, 4.69) is 0 Å². The highest BCUT2D eigenvalue weighted by molar-refractivity contribution is 5.85. The third-order valence-corrected chi connectivity index (χ3v) is 3.42. The molecular weight excluding hydrogens is 280 g/mol. The average Bonchev–Trinajstić information content (AvgIpc) is 2.76. The van der Waals surface area contributed by atoms with Crippen molar-refractivity contribution in [2.75, 3.05) is 14.2 Å². The number of ether oxygens (including phenoxy) is 2. The summed E-state index contributed by atoms with van der Waals surface area (Å²) in [6.07, 6.45) is 0. The van der Waals surface area contributed by atoms with Crippen LogP contribution in [0.5, 0.6) is 11.5 Å². The van der Waals surface area contributed by atoms with Crippen molar-refractivity contribution in [3.63, 3.8) is 0 Å². The monoisotopic (exact) mass is 295 g/mol. The van der Waals surface area contributed by atoms with Gasteiger partial charge < -0.3 is 9.47 Å². The summed E-state index contributed by atoms with van der Waals surface area (Å²) in [6, 6.07) is 15.9. The number of hydrogen-bond acceptors (Lipinski definition) is 3. The van der Waals surface area contributed by atoms with Gasteiger partial charge in [0, 0.05) is 0 Å². The number of benzene rings is 1. The second kappa shape index (κ2) is 5.85. The topological polar surface area (TPSA) is 46.8 Å². The van der Waals surface area contributed by atoms with Gasteiger partial charge in [0.15, 0.2) is 0 Å². The number of methoxy groups -OCH3 is 2. The quantitative estimate of drug-likeness (QED) is 0.690. The molecular formula is C18H15O4+. The predicted molar refractivity (Wildman–Crippen MR) is 85.4 cm³/mol. The van der Waals surface area contributed by atoms with Crippen molar-refractivity contribution < 1.29 is 13.9 Å². The van der Waals surface area contributed by atoms with Gasteiger partial charge in [0.05, 0.1) is 25.8 Å². The molecule has 0 aliphatic carbocycles. The molecule has 0 saturated heterocycles. The molecule has 2 aromatic carbocycles. The maximum atomic E-state index is 12.2. The van der Waals surface area contributed by atoms with Crippen molar-refractivity contribution in [3.05, 3.63) is 64.8 Å². The van der Waals surface area contributed by atoms with E-state index in [0.29, 0.717) is 16.9 Å². The van der Waals surface area contributed by atoms with E-state index < -0.39 is 0 Å². The Morgan fingerprint density at radius 2 is 1.64 bits per heavy atom. The molecule has 1 heterocycles. The van der Waals surface area contributed by atoms with Crippen LogP contribution in [-0.2, 0) is 0 Å². The van der Waals surface area contributed by atoms with Crippen LogP contribution < -0.4 is 14.9 Å². The van der Waals surface area contributed by atoms with Crippen molar-refractivity contribution in [1.29, 1.82) is 0 Å². The lowest BCUT2D eigenvalue weighted by Gasteiger charge is -2.01. The van der Waals surface area contributed by atoms with Gasteiger partial charge in [-0.05, 0) is 36.4 Å². The zero-order valence-electron chi connectivity index (χ0n) is 12.3. The van der Waals surface area contributed by atoms with Crippen molar-refractivity contribution in [2.45, 2.75) is 0 Å². The Morgan fingerprint density at radius 3 is 2.32 bits per heavy atom. The standard InChI is InChI=1S/C18H15O4/c1-20-13-9-7-12(8-10-13)16-11-17(21-2)14-5-3-4-6-15(19)18(14)22-16/h3-11H,1-2H3/q+1. The van der Waals surface area contributed by atoms with Crippen LogP contribution in [0.1, 0.15) is 0 Å². The first-order valence-electron chi connectivity index (χ1n) is 6.81. The van der Waals surface area contributed by atoms with Crippen LogP contribution in [0, 0.1) is 0 Å². The second-order valence-corrected chi connectivity index (χ2v) is 4.73. The molecule has 0 spiro atoms. The lowest BCUT2D eigenvalue weighted by molar-refractivity contribution is 0.414. The fraction of sp³-hybridized carbons (Fsp3) is 0.111. The Labute approximate surface area is 127 Å². The summed E-state index contributed by atoms with van der Waals surface area (Å²) in [5.74, 6) is 1.92. The Balaban J connectivity index is 2.27. The molecule has 0 amide bonds. The first-order chi connectivity index (χ1) is 10.7. The van der Waals surface area contributed by atoms with E-state index in [9.17, 15) is 4.79 Å². The smallest absolute Gasteiger partial charge is 0.411 e. The van der Waals surface area contributed by atoms with Gasteiger partial charge in [-0.15, -0.1) is 0 Å². The van der Waals surface area contributed by atoms with Gasteiger partial charge in [0.25, 0.3) is 5.43 Å². The van der Waals surface area contributed by atoms with Crippen LogP contribution in [0.3, 0.4) is 0 Å². The second-order valence-electron chi connectivity index (χ2n) is 4.73. The molecule has 0 fully saturated rings. The first-order valence-corrected chi connectivity index (χ1v) is 6.81. The zero-order chi connectivity index (χ0) is 15.5. The Hall–Kier alpha value is -2.88. The van der Waals surface area contributed by atoms with Gasteiger partial charge >= 0.3 is 11.3 Å². The third-order valence-electron chi connectivity index (χ3n) is 3.42. The van der Waals surface area contributed by atoms with Gasteiger partial charge in [-0.25, -0.2) is 4.42 Å². The average molecular weight is 295 g/mol. The van der Waals surface area contributed by atoms with Gasteiger partial charge in [-0.2, -0.15) is 0 Å². The molecule has 0 bridgehead atoms. The Morgan fingerprint density at radius 1 is 0.909 bits per heavy atom. The van der Waals surface area contributed by atoms with Gasteiger partial charge in [0.2, 0.25) is 0 Å². The summed E-state index contributed by atoms with van der Waals surface area (Å²) >= 11 is 0. The fourth-order valence-electron chi connectivity index (χ4n) is 2.28. The van der Waals surface area contributed by atoms with Crippen molar-refractivity contribution >= 4 is 11.0 Å². The Bertz CT molecular complexity index is 870. The van der Waals surface area contributed by atoms with Crippen molar-refractivity contribution in [1.82, 2.24) is 0 Å². The number of rotatable bonds is 3. The molecule has 4 nitrogen and oxygen atoms in total. The molecule has 1 aromatic heterocycles. The summed E-state index contributed by atoms with van der Waals surface area (Å²) in [5, 5.41) is 0.648. The van der Waals surface area contributed by atoms with Gasteiger partial charge in [-0.1, -0.05) is 12.1 Å². The number of fused-ring (bicyclic) bond motifs is 1. The van der Waals surface area contributed by atoms with Gasteiger partial charge in [0.1, 0.15) is 16.9 Å². The van der Waals surface area contributed by atoms with E-state index >= 15 is 0 Å². The zero-order valence-corrected chi connectivity index (χ0v) is 12.3. The molecule has 0 aliphatic heterocycles. The lowest BCUT2D eigenvalue weighted by atomic mass is 10.1. The van der Waals surface area contributed by atoms with Crippen LogP contribution in [0.2, 0.25) is 0 Å². The minimum absolute atomic E-state index is 0.186. The van der Waals surface area contributed by atoms with Crippen LogP contribution in [0.15, 0.2) is 63.8 Å². The highest BCUT2D eigenvalue weighted by atomic mass is 16.5. The molecule has 4 heteroatoms. The van der Waals surface area contributed by atoms with Crippen LogP contribution in [0.25, 0.3) is 22.3 Å². The lowest BCUT2D eigenvalue weighted by Crippen LogP contribution is -1.97. The van der Waals surface area contributed by atoms with E-state index in [1.807, 2.05) is 24.3 Å². The maximum Gasteiger partial charge on any atom is 0.411 e. The first kappa shape index (κ1) is 14.1. The van der Waals surface area contributed by atoms with Gasteiger partial charge in [-0.3, -0.25) is 4.79 Å². The van der Waals surface area contributed by atoms with Crippen LogP contribution in [0.4, 0.5) is 0 Å². The highest BCUT2D eigenvalue weighted by Gasteiger charge is 2.21. The molecule has 0 N–H and O–H groups in total. The molecule has 0 atom stereocenters. The van der Waals surface area contributed by atoms with Crippen LogP contribution >= 0.6 is 0 Å². The van der Waals surface area contributed by atoms with Crippen molar-refractivity contribution in [2.24, 2.45) is 0 Å². The minimum Gasteiger partial charge on any atom is -0.497 e. The molecule has 0 aliphatic rings. The molecule has 22 heavy (non-hydrogen) atoms. The number of hydrogen-bond donors (Lipinski definition) is 0. The summed E-state index contributed by atoms with van der Waals surface area (Å²) in [4.78, 5) is 12.2. The highest BCUT2D eigenvalue weighted by Crippen LogP contribution is 2.31. The molecule has 0 radical (unpaired) electrons. The molecule has 0 saturated carbocycles.